The number of aryl methyl sites for hydroxylation is 1. The number of carbonyl (C=O) groups is 2. The van der Waals surface area contributed by atoms with Gasteiger partial charge in [-0.1, -0.05) is 54.6 Å². The second-order valence-corrected chi connectivity index (χ2v) is 7.24. The van der Waals surface area contributed by atoms with E-state index in [1.807, 2.05) is 42.5 Å². The molecule has 0 spiro atoms. The van der Waals surface area contributed by atoms with E-state index in [1.54, 1.807) is 0 Å². The summed E-state index contributed by atoms with van der Waals surface area (Å²) in [5.41, 5.74) is 2.91. The van der Waals surface area contributed by atoms with Gasteiger partial charge in [0.1, 0.15) is 0 Å². The normalized spacial score (nSPS) is 19.9. The Morgan fingerprint density at radius 1 is 1.04 bits per heavy atom. The number of esters is 1. The summed E-state index contributed by atoms with van der Waals surface area (Å²) in [5, 5.41) is 3.03. The van der Waals surface area contributed by atoms with Gasteiger partial charge in [0.05, 0.1) is 11.5 Å². The molecule has 1 saturated carbocycles. The molecule has 4 rings (SSSR count). The maximum Gasteiger partial charge on any atom is 0.317 e. The van der Waals surface area contributed by atoms with E-state index in [0.29, 0.717) is 0 Å². The van der Waals surface area contributed by atoms with E-state index in [4.69, 9.17) is 4.74 Å². The summed E-state index contributed by atoms with van der Waals surface area (Å²) in [6.07, 6.45) is 4.60. The van der Waals surface area contributed by atoms with Crippen molar-refractivity contribution in [2.75, 3.05) is 6.61 Å². The molecule has 0 aromatic heterocycles. The highest BCUT2D eigenvalue weighted by Gasteiger charge is 2.52. The number of hydrogen-bond donors (Lipinski definition) is 1. The monoisotopic (exact) mass is 349 g/mol. The van der Waals surface area contributed by atoms with Gasteiger partial charge >= 0.3 is 5.97 Å². The molecule has 1 amide bonds. The fourth-order valence-corrected chi connectivity index (χ4v) is 3.90. The maximum absolute atomic E-state index is 12.5. The standard InChI is InChI=1S/C22H23NO3/c24-20(23-19-12-6-8-16-7-4-5-11-18(16)19)15-26-21(25)22(13-14-22)17-9-2-1-3-10-17/h1-5,7,9-11,19H,6,8,12-15H2,(H,23,24)/t19-/m1/s1. The molecular weight excluding hydrogens is 326 g/mol. The van der Waals surface area contributed by atoms with Gasteiger partial charge in [-0.05, 0) is 48.8 Å². The molecule has 26 heavy (non-hydrogen) atoms. The van der Waals surface area contributed by atoms with E-state index in [1.165, 1.54) is 11.1 Å². The van der Waals surface area contributed by atoms with Crippen LogP contribution in [0, 0.1) is 0 Å². The van der Waals surface area contributed by atoms with Crippen LogP contribution in [0.3, 0.4) is 0 Å². The number of benzene rings is 2. The van der Waals surface area contributed by atoms with E-state index in [9.17, 15) is 9.59 Å². The van der Waals surface area contributed by atoms with Crippen LogP contribution in [0.15, 0.2) is 54.6 Å². The molecule has 1 atom stereocenters. The summed E-state index contributed by atoms with van der Waals surface area (Å²) >= 11 is 0. The summed E-state index contributed by atoms with van der Waals surface area (Å²) in [5.74, 6) is -0.521. The number of fused-ring (bicyclic) bond motifs is 1. The van der Waals surface area contributed by atoms with Crippen LogP contribution in [-0.4, -0.2) is 18.5 Å². The van der Waals surface area contributed by atoms with Gasteiger partial charge in [-0.15, -0.1) is 0 Å². The molecule has 0 aliphatic heterocycles. The third-order valence-electron chi connectivity index (χ3n) is 5.51. The average Bonchev–Trinajstić information content (AvgIpc) is 3.49. The molecule has 1 fully saturated rings. The molecule has 0 unspecified atom stereocenters. The molecule has 2 aliphatic carbocycles. The lowest BCUT2D eigenvalue weighted by atomic mass is 9.88. The molecule has 2 aliphatic rings. The summed E-state index contributed by atoms with van der Waals surface area (Å²) in [7, 11) is 0. The quantitative estimate of drug-likeness (QED) is 0.841. The Morgan fingerprint density at radius 3 is 2.54 bits per heavy atom. The number of hydrogen-bond acceptors (Lipinski definition) is 3. The van der Waals surface area contributed by atoms with E-state index in [0.717, 1.165) is 37.7 Å². The van der Waals surface area contributed by atoms with Gasteiger partial charge in [-0.25, -0.2) is 0 Å². The molecule has 0 heterocycles. The van der Waals surface area contributed by atoms with Gasteiger partial charge in [-0.3, -0.25) is 9.59 Å². The molecule has 0 saturated heterocycles. The van der Waals surface area contributed by atoms with Crippen LogP contribution in [0.1, 0.15) is 48.4 Å². The Morgan fingerprint density at radius 2 is 1.77 bits per heavy atom. The molecule has 2 aromatic rings. The molecular formula is C22H23NO3. The first-order valence-corrected chi connectivity index (χ1v) is 9.29. The lowest BCUT2D eigenvalue weighted by molar-refractivity contribution is -0.151. The SMILES string of the molecule is O=C(COC(=O)C1(c2ccccc2)CC1)N[C@@H]1CCCc2ccccc21. The molecule has 1 N–H and O–H groups in total. The fraction of sp³-hybridized carbons (Fsp3) is 0.364. The summed E-state index contributed by atoms with van der Waals surface area (Å²) < 4.78 is 5.36. The number of rotatable bonds is 5. The Hall–Kier alpha value is -2.62. The first kappa shape index (κ1) is 16.8. The predicted octanol–water partition coefficient (Wildman–Crippen LogP) is 3.46. The van der Waals surface area contributed by atoms with Crippen LogP contribution in [0.4, 0.5) is 0 Å². The minimum absolute atomic E-state index is 0.00941. The Kier molecular flexibility index (Phi) is 4.49. The number of nitrogens with one attached hydrogen (secondary N) is 1. The number of amides is 1. The van der Waals surface area contributed by atoms with E-state index in [-0.39, 0.29) is 24.5 Å². The van der Waals surface area contributed by atoms with Crippen molar-refractivity contribution in [1.82, 2.24) is 5.32 Å². The maximum atomic E-state index is 12.5. The van der Waals surface area contributed by atoms with Crippen molar-refractivity contribution in [3.63, 3.8) is 0 Å². The molecule has 0 radical (unpaired) electrons. The Bertz CT molecular complexity index is 811. The highest BCUT2D eigenvalue weighted by molar-refractivity contribution is 5.89. The number of ether oxygens (including phenoxy) is 1. The van der Waals surface area contributed by atoms with Crippen LogP contribution in [0.5, 0.6) is 0 Å². The summed E-state index contributed by atoms with van der Waals surface area (Å²) in [6, 6.07) is 17.9. The van der Waals surface area contributed by atoms with Crippen molar-refractivity contribution in [3.8, 4) is 0 Å². The van der Waals surface area contributed by atoms with Crippen LogP contribution in [-0.2, 0) is 26.2 Å². The molecule has 134 valence electrons. The van der Waals surface area contributed by atoms with Crippen LogP contribution in [0.25, 0.3) is 0 Å². The molecule has 4 heteroatoms. The van der Waals surface area contributed by atoms with Gasteiger partial charge in [0.25, 0.3) is 5.91 Å². The summed E-state index contributed by atoms with van der Waals surface area (Å²) in [6.45, 7) is -0.216. The zero-order valence-corrected chi connectivity index (χ0v) is 14.7. The van der Waals surface area contributed by atoms with Crippen LogP contribution >= 0.6 is 0 Å². The van der Waals surface area contributed by atoms with Crippen molar-refractivity contribution in [2.24, 2.45) is 0 Å². The van der Waals surface area contributed by atoms with Gasteiger partial charge in [0.15, 0.2) is 6.61 Å². The van der Waals surface area contributed by atoms with Gasteiger partial charge in [-0.2, -0.15) is 0 Å². The average molecular weight is 349 g/mol. The van der Waals surface area contributed by atoms with Crippen molar-refractivity contribution < 1.29 is 14.3 Å². The molecule has 2 aromatic carbocycles. The van der Waals surface area contributed by atoms with E-state index in [2.05, 4.69) is 17.4 Å². The third kappa shape index (κ3) is 3.24. The largest absolute Gasteiger partial charge is 0.455 e. The second-order valence-electron chi connectivity index (χ2n) is 7.24. The topological polar surface area (TPSA) is 55.4 Å². The zero-order chi connectivity index (χ0) is 18.0. The fourth-order valence-electron chi connectivity index (χ4n) is 3.90. The minimum Gasteiger partial charge on any atom is -0.455 e. The first-order chi connectivity index (χ1) is 12.7. The van der Waals surface area contributed by atoms with Crippen molar-refractivity contribution in [3.05, 3.63) is 71.3 Å². The van der Waals surface area contributed by atoms with Gasteiger partial charge in [0.2, 0.25) is 0 Å². The molecule has 0 bridgehead atoms. The van der Waals surface area contributed by atoms with Gasteiger partial charge < -0.3 is 10.1 Å². The Labute approximate surface area is 153 Å². The van der Waals surface area contributed by atoms with Crippen LogP contribution < -0.4 is 5.32 Å². The Balaban J connectivity index is 1.35. The smallest absolute Gasteiger partial charge is 0.317 e. The highest BCUT2D eigenvalue weighted by atomic mass is 16.5. The van der Waals surface area contributed by atoms with Crippen LogP contribution in [0.2, 0.25) is 0 Å². The van der Waals surface area contributed by atoms with Crippen molar-refractivity contribution >= 4 is 11.9 Å². The number of carbonyl (C=O) groups excluding carboxylic acids is 2. The summed E-state index contributed by atoms with van der Waals surface area (Å²) in [4.78, 5) is 24.8. The third-order valence-corrected chi connectivity index (χ3v) is 5.51. The van der Waals surface area contributed by atoms with Crippen molar-refractivity contribution in [1.29, 1.82) is 0 Å². The minimum atomic E-state index is -0.543. The van der Waals surface area contributed by atoms with Crippen molar-refractivity contribution in [2.45, 2.75) is 43.6 Å². The van der Waals surface area contributed by atoms with Gasteiger partial charge in [0, 0.05) is 0 Å². The lowest BCUT2D eigenvalue weighted by Gasteiger charge is -2.26. The first-order valence-electron chi connectivity index (χ1n) is 9.29. The lowest BCUT2D eigenvalue weighted by Crippen LogP contribution is -2.35. The van der Waals surface area contributed by atoms with E-state index < -0.39 is 5.41 Å². The second kappa shape index (κ2) is 6.94. The molecule has 4 nitrogen and oxygen atoms in total. The zero-order valence-electron chi connectivity index (χ0n) is 14.7. The highest BCUT2D eigenvalue weighted by Crippen LogP contribution is 2.49. The van der Waals surface area contributed by atoms with E-state index >= 15 is 0 Å². The predicted molar refractivity (Wildman–Crippen MR) is 98.6 cm³/mol.